The van der Waals surface area contributed by atoms with Crippen LogP contribution in [0.15, 0.2) is 41.0 Å². The summed E-state index contributed by atoms with van der Waals surface area (Å²) in [4.78, 5) is 16.0. The van der Waals surface area contributed by atoms with Gasteiger partial charge in [0.1, 0.15) is 11.5 Å². The molecule has 86 valence electrons. The lowest BCUT2D eigenvalue weighted by molar-refractivity contribution is 0.103. The highest BCUT2D eigenvalue weighted by atomic mass is 79.9. The molecule has 2 aromatic rings. The predicted octanol–water partition coefficient (Wildman–Crippen LogP) is 3.87. The summed E-state index contributed by atoms with van der Waals surface area (Å²) in [5.74, 6) is -0.924. The molecule has 0 saturated heterocycles. The Labute approximate surface area is 111 Å². The molecule has 0 aliphatic carbocycles. The van der Waals surface area contributed by atoms with E-state index in [1.165, 1.54) is 18.3 Å². The van der Waals surface area contributed by atoms with E-state index in [0.717, 1.165) is 6.07 Å². The Morgan fingerprint density at radius 2 is 2.12 bits per heavy atom. The Morgan fingerprint density at radius 3 is 2.82 bits per heavy atom. The van der Waals surface area contributed by atoms with Gasteiger partial charge in [-0.1, -0.05) is 11.6 Å². The van der Waals surface area contributed by atoms with Crippen molar-refractivity contribution < 1.29 is 9.18 Å². The zero-order valence-electron chi connectivity index (χ0n) is 8.45. The molecular formula is C12H6BrClFNO. The number of hydrogen-bond donors (Lipinski definition) is 0. The van der Waals surface area contributed by atoms with Crippen LogP contribution in [0.25, 0.3) is 0 Å². The summed E-state index contributed by atoms with van der Waals surface area (Å²) in [6.45, 7) is 0. The monoisotopic (exact) mass is 313 g/mol. The normalized spacial score (nSPS) is 10.3. The molecule has 0 fully saturated rings. The Kier molecular flexibility index (Phi) is 3.54. The van der Waals surface area contributed by atoms with Gasteiger partial charge in [-0.05, 0) is 46.3 Å². The number of pyridine rings is 1. The van der Waals surface area contributed by atoms with E-state index in [4.69, 9.17) is 11.6 Å². The average molecular weight is 315 g/mol. The largest absolute Gasteiger partial charge is 0.287 e. The molecule has 0 N–H and O–H groups in total. The summed E-state index contributed by atoms with van der Waals surface area (Å²) in [5.41, 5.74) is 0.311. The van der Waals surface area contributed by atoms with Crippen LogP contribution in [0.3, 0.4) is 0 Å². The minimum absolute atomic E-state index is 0.103. The Balaban J connectivity index is 2.51. The molecule has 0 aliphatic heterocycles. The fraction of sp³-hybridized carbons (Fsp3) is 0. The summed E-state index contributed by atoms with van der Waals surface area (Å²) in [7, 11) is 0. The number of halogens is 3. The highest BCUT2D eigenvalue weighted by Gasteiger charge is 2.17. The number of carbonyl (C=O) groups excluding carboxylic acids is 1. The molecule has 2 rings (SSSR count). The molecule has 17 heavy (non-hydrogen) atoms. The maximum Gasteiger partial charge on any atom is 0.214 e. The van der Waals surface area contributed by atoms with Gasteiger partial charge in [0, 0.05) is 16.2 Å². The van der Waals surface area contributed by atoms with Crippen LogP contribution < -0.4 is 0 Å². The summed E-state index contributed by atoms with van der Waals surface area (Å²) in [6, 6.07) is 7.03. The van der Waals surface area contributed by atoms with E-state index >= 15 is 0 Å². The second-order valence-corrected chi connectivity index (χ2v) is 4.55. The van der Waals surface area contributed by atoms with Crippen molar-refractivity contribution in [2.75, 3.05) is 0 Å². The Bertz CT molecular complexity index is 588. The van der Waals surface area contributed by atoms with Crippen molar-refractivity contribution in [3.63, 3.8) is 0 Å². The molecule has 0 spiro atoms. The number of nitrogens with zero attached hydrogens (tertiary/aromatic N) is 1. The fourth-order valence-corrected chi connectivity index (χ4v) is 1.99. The number of ketones is 1. The lowest BCUT2D eigenvalue weighted by Crippen LogP contribution is -2.06. The molecule has 0 bridgehead atoms. The van der Waals surface area contributed by atoms with E-state index < -0.39 is 11.6 Å². The van der Waals surface area contributed by atoms with Gasteiger partial charge >= 0.3 is 0 Å². The number of carbonyl (C=O) groups is 1. The van der Waals surface area contributed by atoms with Gasteiger partial charge in [0.2, 0.25) is 5.78 Å². The van der Waals surface area contributed by atoms with Crippen LogP contribution in [0.4, 0.5) is 4.39 Å². The minimum atomic E-state index is -0.509. The Hall–Kier alpha value is -1.26. The molecule has 0 atom stereocenters. The summed E-state index contributed by atoms with van der Waals surface area (Å²) >= 11 is 9.08. The van der Waals surface area contributed by atoms with Gasteiger partial charge in [0.15, 0.2) is 0 Å². The van der Waals surface area contributed by atoms with E-state index in [0.29, 0.717) is 4.47 Å². The van der Waals surface area contributed by atoms with Crippen molar-refractivity contribution in [2.45, 2.75) is 0 Å². The van der Waals surface area contributed by atoms with E-state index in [1.807, 2.05) is 0 Å². The van der Waals surface area contributed by atoms with Crippen LogP contribution in [-0.2, 0) is 0 Å². The third-order valence-corrected chi connectivity index (χ3v) is 3.12. The second-order valence-electron chi connectivity index (χ2n) is 3.29. The first-order chi connectivity index (χ1) is 8.09. The first-order valence-electron chi connectivity index (χ1n) is 4.70. The summed E-state index contributed by atoms with van der Waals surface area (Å²) in [5, 5.41) is 0.203. The number of rotatable bonds is 2. The van der Waals surface area contributed by atoms with Crippen molar-refractivity contribution in [1.29, 1.82) is 0 Å². The second kappa shape index (κ2) is 4.94. The number of hydrogen-bond acceptors (Lipinski definition) is 2. The van der Waals surface area contributed by atoms with Crippen molar-refractivity contribution in [3.8, 4) is 0 Å². The van der Waals surface area contributed by atoms with Gasteiger partial charge in [-0.15, -0.1) is 0 Å². The first kappa shape index (κ1) is 12.2. The molecule has 5 heteroatoms. The van der Waals surface area contributed by atoms with E-state index in [2.05, 4.69) is 20.9 Å². The van der Waals surface area contributed by atoms with E-state index in [9.17, 15) is 9.18 Å². The molecular weight excluding hydrogens is 308 g/mol. The first-order valence-corrected chi connectivity index (χ1v) is 5.87. The van der Waals surface area contributed by atoms with Crippen LogP contribution in [0.2, 0.25) is 5.02 Å². The molecule has 1 aromatic carbocycles. The minimum Gasteiger partial charge on any atom is -0.287 e. The summed E-state index contributed by atoms with van der Waals surface area (Å²) in [6.07, 6.45) is 1.49. The van der Waals surface area contributed by atoms with Gasteiger partial charge < -0.3 is 0 Å². The fourth-order valence-electron chi connectivity index (χ4n) is 1.35. The van der Waals surface area contributed by atoms with Crippen LogP contribution in [-0.4, -0.2) is 10.8 Å². The predicted molar refractivity (Wildman–Crippen MR) is 66.8 cm³/mol. The van der Waals surface area contributed by atoms with Crippen molar-refractivity contribution in [3.05, 3.63) is 63.1 Å². The topological polar surface area (TPSA) is 30.0 Å². The molecule has 0 aliphatic rings. The highest BCUT2D eigenvalue weighted by Crippen LogP contribution is 2.23. The molecule has 0 amide bonds. The van der Waals surface area contributed by atoms with Crippen molar-refractivity contribution >= 4 is 33.3 Å². The van der Waals surface area contributed by atoms with Crippen LogP contribution in [0.1, 0.15) is 16.1 Å². The zero-order chi connectivity index (χ0) is 12.4. The Morgan fingerprint density at radius 1 is 1.35 bits per heavy atom. The number of benzene rings is 1. The van der Waals surface area contributed by atoms with Crippen LogP contribution in [0, 0.1) is 5.82 Å². The van der Waals surface area contributed by atoms with Gasteiger partial charge in [0.25, 0.3) is 0 Å². The van der Waals surface area contributed by atoms with Crippen LogP contribution in [0.5, 0.6) is 0 Å². The maximum absolute atomic E-state index is 13.1. The summed E-state index contributed by atoms with van der Waals surface area (Å²) < 4.78 is 13.6. The SMILES string of the molecule is O=C(c1cc(F)ccc1Cl)c1ncccc1Br. The lowest BCUT2D eigenvalue weighted by atomic mass is 10.1. The van der Waals surface area contributed by atoms with E-state index in [-0.39, 0.29) is 16.3 Å². The molecule has 0 unspecified atom stereocenters. The number of aromatic nitrogens is 1. The molecule has 0 saturated carbocycles. The lowest BCUT2D eigenvalue weighted by Gasteiger charge is -2.04. The van der Waals surface area contributed by atoms with Gasteiger partial charge in [0.05, 0.1) is 5.02 Å². The third kappa shape index (κ3) is 2.53. The zero-order valence-corrected chi connectivity index (χ0v) is 10.8. The third-order valence-electron chi connectivity index (χ3n) is 2.15. The highest BCUT2D eigenvalue weighted by molar-refractivity contribution is 9.10. The van der Waals surface area contributed by atoms with Gasteiger partial charge in [-0.25, -0.2) is 4.39 Å². The average Bonchev–Trinajstić information content (AvgIpc) is 2.32. The molecule has 1 aromatic heterocycles. The molecule has 0 radical (unpaired) electrons. The van der Waals surface area contributed by atoms with Gasteiger partial charge in [-0.3, -0.25) is 9.78 Å². The molecule has 1 heterocycles. The maximum atomic E-state index is 13.1. The smallest absolute Gasteiger partial charge is 0.214 e. The quantitative estimate of drug-likeness (QED) is 0.788. The molecule has 2 nitrogen and oxygen atoms in total. The van der Waals surface area contributed by atoms with E-state index in [1.54, 1.807) is 12.1 Å². The standard InChI is InChI=1S/C12H6BrClFNO/c13-9-2-1-5-16-11(9)12(17)8-6-7(15)3-4-10(8)14/h1-6H. The van der Waals surface area contributed by atoms with Crippen molar-refractivity contribution in [1.82, 2.24) is 4.98 Å². The van der Waals surface area contributed by atoms with Gasteiger partial charge in [-0.2, -0.15) is 0 Å². The van der Waals surface area contributed by atoms with Crippen LogP contribution >= 0.6 is 27.5 Å². The van der Waals surface area contributed by atoms with Crippen molar-refractivity contribution in [2.24, 2.45) is 0 Å².